The molecule has 0 amide bonds. The van der Waals surface area contributed by atoms with E-state index in [1.165, 1.54) is 5.56 Å². The van der Waals surface area contributed by atoms with Crippen molar-refractivity contribution in [1.29, 1.82) is 0 Å². The molecule has 2 aromatic rings. The molecule has 1 N–H and O–H groups in total. The van der Waals surface area contributed by atoms with E-state index in [0.29, 0.717) is 18.7 Å². The molecule has 3 heterocycles. The Labute approximate surface area is 142 Å². The highest BCUT2D eigenvalue weighted by atomic mass is 16.5. The molecule has 1 aliphatic heterocycles. The number of hydrogen-bond acceptors (Lipinski definition) is 5. The summed E-state index contributed by atoms with van der Waals surface area (Å²) in [4.78, 5) is 0. The van der Waals surface area contributed by atoms with Crippen molar-refractivity contribution >= 4 is 0 Å². The van der Waals surface area contributed by atoms with Crippen LogP contribution in [-0.4, -0.2) is 45.9 Å². The summed E-state index contributed by atoms with van der Waals surface area (Å²) < 4.78 is 15.0. The van der Waals surface area contributed by atoms with Crippen LogP contribution >= 0.6 is 0 Å². The van der Waals surface area contributed by atoms with Crippen molar-refractivity contribution in [3.05, 3.63) is 35.9 Å². The molecule has 1 saturated heterocycles. The molecule has 24 heavy (non-hydrogen) atoms. The predicted molar refractivity (Wildman–Crippen MR) is 90.7 cm³/mol. The Morgan fingerprint density at radius 2 is 2.29 bits per heavy atom. The van der Waals surface area contributed by atoms with Crippen molar-refractivity contribution in [2.75, 3.05) is 20.3 Å². The van der Waals surface area contributed by atoms with Gasteiger partial charge in [-0.25, -0.2) is 0 Å². The van der Waals surface area contributed by atoms with Crippen LogP contribution in [0.2, 0.25) is 0 Å². The summed E-state index contributed by atoms with van der Waals surface area (Å²) >= 11 is 0. The molecular formula is C17H27N5O2. The van der Waals surface area contributed by atoms with Gasteiger partial charge in [-0.05, 0) is 26.3 Å². The van der Waals surface area contributed by atoms with Crippen LogP contribution in [0, 0.1) is 0 Å². The third-order valence-corrected chi connectivity index (χ3v) is 4.35. The highest BCUT2D eigenvalue weighted by Gasteiger charge is 2.32. The summed E-state index contributed by atoms with van der Waals surface area (Å²) in [5, 5.41) is 12.4. The molecule has 0 spiro atoms. The van der Waals surface area contributed by atoms with Gasteiger partial charge in [0, 0.05) is 50.3 Å². The zero-order valence-corrected chi connectivity index (χ0v) is 14.7. The summed E-state index contributed by atoms with van der Waals surface area (Å²) in [7, 11) is 1.70. The Morgan fingerprint density at radius 3 is 3.08 bits per heavy atom. The second-order valence-electron chi connectivity index (χ2n) is 6.47. The predicted octanol–water partition coefficient (Wildman–Crippen LogP) is 1.93. The molecule has 1 fully saturated rings. The van der Waals surface area contributed by atoms with Gasteiger partial charge in [0.1, 0.15) is 6.10 Å². The molecule has 3 rings (SSSR count). The maximum absolute atomic E-state index is 5.99. The molecule has 0 aromatic carbocycles. The van der Waals surface area contributed by atoms with Gasteiger partial charge in [0.2, 0.25) is 0 Å². The Morgan fingerprint density at radius 1 is 1.42 bits per heavy atom. The smallest absolute Gasteiger partial charge is 0.114 e. The number of nitrogens with one attached hydrogen (secondary N) is 1. The SMILES string of the molecule is COCCn1cc(CN[C@H]2CCO[C@@H]2c2ccnn2C(C)C)cn1. The monoisotopic (exact) mass is 333 g/mol. The molecule has 0 aliphatic carbocycles. The van der Waals surface area contributed by atoms with Crippen LogP contribution in [-0.2, 0) is 22.6 Å². The van der Waals surface area contributed by atoms with Gasteiger partial charge in [0.05, 0.1) is 25.0 Å². The summed E-state index contributed by atoms with van der Waals surface area (Å²) in [6.45, 7) is 7.29. The van der Waals surface area contributed by atoms with Gasteiger partial charge >= 0.3 is 0 Å². The number of ether oxygens (including phenoxy) is 2. The van der Waals surface area contributed by atoms with Gasteiger partial charge in [-0.3, -0.25) is 9.36 Å². The minimum absolute atomic E-state index is 0.0541. The minimum atomic E-state index is 0.0541. The van der Waals surface area contributed by atoms with Crippen LogP contribution in [0.5, 0.6) is 0 Å². The average Bonchev–Trinajstić information content (AvgIpc) is 3.29. The van der Waals surface area contributed by atoms with Crippen LogP contribution in [0.25, 0.3) is 0 Å². The lowest BCUT2D eigenvalue weighted by Crippen LogP contribution is -2.32. The Hall–Kier alpha value is -1.70. The van der Waals surface area contributed by atoms with Crippen molar-refractivity contribution in [2.45, 2.75) is 51.5 Å². The summed E-state index contributed by atoms with van der Waals surface area (Å²) in [6.07, 6.45) is 6.89. The lowest BCUT2D eigenvalue weighted by atomic mass is 10.1. The summed E-state index contributed by atoms with van der Waals surface area (Å²) in [5.41, 5.74) is 2.32. The number of aromatic nitrogens is 4. The Kier molecular flexibility index (Phi) is 5.65. The quantitative estimate of drug-likeness (QED) is 0.799. The topological polar surface area (TPSA) is 66.1 Å². The first kappa shape index (κ1) is 17.1. The van der Waals surface area contributed by atoms with Gasteiger partial charge in [-0.2, -0.15) is 10.2 Å². The van der Waals surface area contributed by atoms with E-state index in [2.05, 4.69) is 41.6 Å². The first-order chi connectivity index (χ1) is 11.7. The van der Waals surface area contributed by atoms with Crippen molar-refractivity contribution < 1.29 is 9.47 Å². The van der Waals surface area contributed by atoms with E-state index in [-0.39, 0.29) is 6.10 Å². The van der Waals surface area contributed by atoms with Gasteiger partial charge in [0.25, 0.3) is 0 Å². The van der Waals surface area contributed by atoms with E-state index in [1.54, 1.807) is 7.11 Å². The highest BCUT2D eigenvalue weighted by molar-refractivity contribution is 5.11. The van der Waals surface area contributed by atoms with Crippen LogP contribution in [0.4, 0.5) is 0 Å². The molecule has 7 heteroatoms. The normalized spacial score (nSPS) is 21.0. The largest absolute Gasteiger partial charge is 0.383 e. The fourth-order valence-electron chi connectivity index (χ4n) is 3.13. The zero-order chi connectivity index (χ0) is 16.9. The third-order valence-electron chi connectivity index (χ3n) is 4.35. The van der Waals surface area contributed by atoms with E-state index in [9.17, 15) is 0 Å². The van der Waals surface area contributed by atoms with Gasteiger partial charge < -0.3 is 14.8 Å². The van der Waals surface area contributed by atoms with E-state index in [4.69, 9.17) is 9.47 Å². The number of rotatable bonds is 8. The van der Waals surface area contributed by atoms with E-state index in [1.807, 2.05) is 21.8 Å². The van der Waals surface area contributed by atoms with Crippen molar-refractivity contribution in [3.8, 4) is 0 Å². The molecule has 2 atom stereocenters. The third kappa shape index (κ3) is 3.85. The molecule has 132 valence electrons. The van der Waals surface area contributed by atoms with Gasteiger partial charge in [-0.15, -0.1) is 0 Å². The zero-order valence-electron chi connectivity index (χ0n) is 14.7. The highest BCUT2D eigenvalue weighted by Crippen LogP contribution is 2.30. The fourth-order valence-corrected chi connectivity index (χ4v) is 3.13. The van der Waals surface area contributed by atoms with Crippen LogP contribution in [0.3, 0.4) is 0 Å². The second kappa shape index (κ2) is 7.92. The maximum Gasteiger partial charge on any atom is 0.114 e. The molecule has 2 aromatic heterocycles. The lowest BCUT2D eigenvalue weighted by Gasteiger charge is -2.22. The summed E-state index contributed by atoms with van der Waals surface area (Å²) in [5.74, 6) is 0. The lowest BCUT2D eigenvalue weighted by molar-refractivity contribution is 0.0899. The van der Waals surface area contributed by atoms with Crippen LogP contribution in [0.15, 0.2) is 24.7 Å². The van der Waals surface area contributed by atoms with Gasteiger partial charge in [-0.1, -0.05) is 0 Å². The second-order valence-corrected chi connectivity index (χ2v) is 6.47. The number of nitrogens with zero attached hydrogens (tertiary/aromatic N) is 4. The van der Waals surface area contributed by atoms with Crippen molar-refractivity contribution in [2.24, 2.45) is 0 Å². The fraction of sp³-hybridized carbons (Fsp3) is 0.647. The van der Waals surface area contributed by atoms with E-state index < -0.39 is 0 Å². The number of methoxy groups -OCH3 is 1. The van der Waals surface area contributed by atoms with Crippen LogP contribution < -0.4 is 5.32 Å². The van der Waals surface area contributed by atoms with Crippen molar-refractivity contribution in [3.63, 3.8) is 0 Å². The van der Waals surface area contributed by atoms with E-state index in [0.717, 1.165) is 31.8 Å². The van der Waals surface area contributed by atoms with Gasteiger partial charge in [0.15, 0.2) is 0 Å². The maximum atomic E-state index is 5.99. The molecule has 0 bridgehead atoms. The summed E-state index contributed by atoms with van der Waals surface area (Å²) in [6, 6.07) is 2.69. The average molecular weight is 333 g/mol. The number of hydrogen-bond donors (Lipinski definition) is 1. The molecular weight excluding hydrogens is 306 g/mol. The standard InChI is InChI=1S/C17H27N5O2/c1-13(2)22-16(4-6-19-22)17-15(5-8-24-17)18-10-14-11-20-21(12-14)7-9-23-3/h4,6,11-13,15,17-18H,5,7-10H2,1-3H3/t15-,17-/m0/s1. The molecule has 1 aliphatic rings. The Balaban J connectivity index is 1.60. The Bertz CT molecular complexity index is 636. The minimum Gasteiger partial charge on any atom is -0.383 e. The first-order valence-corrected chi connectivity index (χ1v) is 8.57. The molecule has 0 unspecified atom stereocenters. The molecule has 0 radical (unpaired) electrons. The van der Waals surface area contributed by atoms with Crippen molar-refractivity contribution in [1.82, 2.24) is 24.9 Å². The molecule has 7 nitrogen and oxygen atoms in total. The van der Waals surface area contributed by atoms with Crippen LogP contribution in [0.1, 0.15) is 43.7 Å². The molecule has 0 saturated carbocycles. The van der Waals surface area contributed by atoms with E-state index >= 15 is 0 Å². The first-order valence-electron chi connectivity index (χ1n) is 8.57.